The Morgan fingerprint density at radius 1 is 1.38 bits per heavy atom. The zero-order chi connectivity index (χ0) is 10.7. The average molecular weight is 263 g/mol. The fourth-order valence-corrected chi connectivity index (χ4v) is 1.59. The molecule has 0 aromatic carbocycles. The van der Waals surface area contributed by atoms with Crippen LogP contribution in [0.1, 0.15) is 10.4 Å². The summed E-state index contributed by atoms with van der Waals surface area (Å²) in [6.45, 7) is 3.11. The molecule has 0 radical (unpaired) electrons. The second-order valence-electron chi connectivity index (χ2n) is 3.28. The highest BCUT2D eigenvalue weighted by Gasteiger charge is 2.12. The molecule has 88 valence electrons. The van der Waals surface area contributed by atoms with E-state index >= 15 is 0 Å². The molecule has 0 unspecified atom stereocenters. The van der Waals surface area contributed by atoms with Gasteiger partial charge in [0.1, 0.15) is 5.82 Å². The first-order valence-electron chi connectivity index (χ1n) is 4.76. The van der Waals surface area contributed by atoms with Crippen LogP contribution in [0.25, 0.3) is 0 Å². The van der Waals surface area contributed by atoms with Crippen molar-refractivity contribution in [2.45, 2.75) is 0 Å². The molecule has 1 aromatic rings. The largest absolute Gasteiger partial charge is 0.378 e. The highest BCUT2D eigenvalue weighted by Crippen LogP contribution is 2.13. The number of morpholine rings is 1. The van der Waals surface area contributed by atoms with Crippen molar-refractivity contribution in [1.29, 1.82) is 0 Å². The summed E-state index contributed by atoms with van der Waals surface area (Å²) >= 11 is 5.33. The molecule has 16 heavy (non-hydrogen) atoms. The number of carbonyl (C=O) groups is 1. The van der Waals surface area contributed by atoms with Gasteiger partial charge in [-0.2, -0.15) is 0 Å². The van der Waals surface area contributed by atoms with Gasteiger partial charge in [0, 0.05) is 19.3 Å². The van der Waals surface area contributed by atoms with Gasteiger partial charge in [0.25, 0.3) is 5.24 Å². The highest BCUT2D eigenvalue weighted by atomic mass is 35.5. The van der Waals surface area contributed by atoms with Crippen molar-refractivity contribution in [3.8, 4) is 0 Å². The van der Waals surface area contributed by atoms with E-state index in [-0.39, 0.29) is 12.4 Å². The van der Waals surface area contributed by atoms with Gasteiger partial charge < -0.3 is 9.64 Å². The van der Waals surface area contributed by atoms with Crippen LogP contribution in [0.4, 0.5) is 5.82 Å². The molecule has 1 fully saturated rings. The lowest BCUT2D eigenvalue weighted by atomic mass is 10.3. The van der Waals surface area contributed by atoms with E-state index in [2.05, 4.69) is 9.88 Å². The van der Waals surface area contributed by atoms with Crippen LogP contribution in [0, 0.1) is 0 Å². The zero-order valence-corrected chi connectivity index (χ0v) is 10.1. The van der Waals surface area contributed by atoms with Crippen LogP contribution in [0.3, 0.4) is 0 Å². The van der Waals surface area contributed by atoms with E-state index in [9.17, 15) is 4.79 Å². The maximum absolute atomic E-state index is 10.8. The molecular formula is C10H12Cl2N2O2. The molecule has 0 atom stereocenters. The van der Waals surface area contributed by atoms with Crippen molar-refractivity contribution in [1.82, 2.24) is 4.98 Å². The molecule has 0 amide bonds. The number of nitrogens with zero attached hydrogens (tertiary/aromatic N) is 2. The van der Waals surface area contributed by atoms with Crippen LogP contribution >= 0.6 is 24.0 Å². The summed E-state index contributed by atoms with van der Waals surface area (Å²) in [6, 6.07) is 3.49. The summed E-state index contributed by atoms with van der Waals surface area (Å²) in [7, 11) is 0. The minimum Gasteiger partial charge on any atom is -0.378 e. The monoisotopic (exact) mass is 262 g/mol. The van der Waals surface area contributed by atoms with Crippen LogP contribution in [-0.4, -0.2) is 36.5 Å². The van der Waals surface area contributed by atoms with Gasteiger partial charge in [-0.25, -0.2) is 4.98 Å². The lowest BCUT2D eigenvalue weighted by Crippen LogP contribution is -2.36. The van der Waals surface area contributed by atoms with E-state index in [0.29, 0.717) is 5.56 Å². The van der Waals surface area contributed by atoms with Crippen LogP contribution < -0.4 is 4.90 Å². The number of carbonyl (C=O) groups excluding carboxylic acids is 1. The molecule has 0 aliphatic carbocycles. The summed E-state index contributed by atoms with van der Waals surface area (Å²) in [6.07, 6.45) is 1.50. The van der Waals surface area contributed by atoms with Crippen molar-refractivity contribution in [3.05, 3.63) is 23.9 Å². The first kappa shape index (κ1) is 13.2. The Hall–Kier alpha value is -0.840. The van der Waals surface area contributed by atoms with E-state index in [0.717, 1.165) is 32.1 Å². The second kappa shape index (κ2) is 6.03. The molecule has 4 nitrogen and oxygen atoms in total. The van der Waals surface area contributed by atoms with Crippen molar-refractivity contribution in [3.63, 3.8) is 0 Å². The predicted molar refractivity (Wildman–Crippen MR) is 64.7 cm³/mol. The Bertz CT molecular complexity index is 350. The fourth-order valence-electron chi connectivity index (χ4n) is 1.48. The Morgan fingerprint density at radius 2 is 2.06 bits per heavy atom. The number of halogens is 2. The Kier molecular flexibility index (Phi) is 4.99. The Morgan fingerprint density at radius 3 is 2.56 bits per heavy atom. The molecule has 1 saturated heterocycles. The van der Waals surface area contributed by atoms with Gasteiger partial charge in [-0.05, 0) is 23.7 Å². The number of ether oxygens (including phenoxy) is 1. The molecule has 1 aromatic heterocycles. The molecule has 2 rings (SSSR count). The van der Waals surface area contributed by atoms with Gasteiger partial charge in [0.2, 0.25) is 0 Å². The van der Waals surface area contributed by atoms with Gasteiger partial charge in [0.15, 0.2) is 0 Å². The fraction of sp³-hybridized carbons (Fsp3) is 0.400. The third-order valence-corrected chi connectivity index (χ3v) is 2.53. The first-order chi connectivity index (χ1) is 7.27. The summed E-state index contributed by atoms with van der Waals surface area (Å²) in [5.41, 5.74) is 0.425. The summed E-state index contributed by atoms with van der Waals surface area (Å²) < 4.78 is 5.24. The molecule has 2 heterocycles. The number of rotatable bonds is 2. The third kappa shape index (κ3) is 3.07. The SMILES string of the molecule is Cl.O=C(Cl)c1ccc(N2CCOCC2)nc1. The van der Waals surface area contributed by atoms with Gasteiger partial charge >= 0.3 is 0 Å². The summed E-state index contributed by atoms with van der Waals surface area (Å²) in [4.78, 5) is 17.1. The van der Waals surface area contributed by atoms with Crippen molar-refractivity contribution in [2.24, 2.45) is 0 Å². The molecular weight excluding hydrogens is 251 g/mol. The quantitative estimate of drug-likeness (QED) is 0.762. The number of hydrogen-bond acceptors (Lipinski definition) is 4. The molecule has 1 aliphatic heterocycles. The minimum atomic E-state index is -0.476. The predicted octanol–water partition coefficient (Wildman–Crippen LogP) is 1.72. The standard InChI is InChI=1S/C10H11ClN2O2.ClH/c11-10(14)8-1-2-9(12-7-8)13-3-5-15-6-4-13;/h1-2,7H,3-6H2;1H. The molecule has 0 N–H and O–H groups in total. The van der Waals surface area contributed by atoms with Crippen molar-refractivity contribution in [2.75, 3.05) is 31.2 Å². The summed E-state index contributed by atoms with van der Waals surface area (Å²) in [5.74, 6) is 0.861. The topological polar surface area (TPSA) is 42.4 Å². The number of pyridine rings is 1. The van der Waals surface area contributed by atoms with E-state index in [4.69, 9.17) is 16.3 Å². The number of anilines is 1. The molecule has 6 heteroatoms. The Labute approximate surface area is 105 Å². The number of aromatic nitrogens is 1. The van der Waals surface area contributed by atoms with Crippen molar-refractivity contribution < 1.29 is 9.53 Å². The van der Waals surface area contributed by atoms with Gasteiger partial charge in [0.05, 0.1) is 18.8 Å². The van der Waals surface area contributed by atoms with E-state index in [1.807, 2.05) is 0 Å². The van der Waals surface area contributed by atoms with Gasteiger partial charge in [-0.3, -0.25) is 4.79 Å². The average Bonchev–Trinajstić information content (AvgIpc) is 2.30. The molecule has 1 aliphatic rings. The molecule has 0 bridgehead atoms. The lowest BCUT2D eigenvalue weighted by Gasteiger charge is -2.27. The normalized spacial score (nSPS) is 15.4. The van der Waals surface area contributed by atoms with Crippen LogP contribution in [0.5, 0.6) is 0 Å². The summed E-state index contributed by atoms with van der Waals surface area (Å²) in [5, 5.41) is -0.476. The highest BCUT2D eigenvalue weighted by molar-refractivity contribution is 6.67. The molecule has 0 saturated carbocycles. The minimum absolute atomic E-state index is 0. The zero-order valence-electron chi connectivity index (χ0n) is 8.56. The first-order valence-corrected chi connectivity index (χ1v) is 5.14. The molecule has 0 spiro atoms. The Balaban J connectivity index is 0.00000128. The maximum Gasteiger partial charge on any atom is 0.253 e. The van der Waals surface area contributed by atoms with Crippen molar-refractivity contribution >= 4 is 35.1 Å². The van der Waals surface area contributed by atoms with Crippen LogP contribution in [0.2, 0.25) is 0 Å². The van der Waals surface area contributed by atoms with Crippen LogP contribution in [-0.2, 0) is 4.74 Å². The van der Waals surface area contributed by atoms with Gasteiger partial charge in [-0.15, -0.1) is 12.4 Å². The smallest absolute Gasteiger partial charge is 0.253 e. The van der Waals surface area contributed by atoms with E-state index in [1.54, 1.807) is 12.1 Å². The van der Waals surface area contributed by atoms with E-state index < -0.39 is 5.24 Å². The maximum atomic E-state index is 10.8. The third-order valence-electron chi connectivity index (χ3n) is 2.31. The second-order valence-corrected chi connectivity index (χ2v) is 3.62. The van der Waals surface area contributed by atoms with Gasteiger partial charge in [-0.1, -0.05) is 0 Å². The van der Waals surface area contributed by atoms with Crippen LogP contribution in [0.15, 0.2) is 18.3 Å². The lowest BCUT2D eigenvalue weighted by molar-refractivity contribution is 0.108. The number of hydrogen-bond donors (Lipinski definition) is 0. The van der Waals surface area contributed by atoms with E-state index in [1.165, 1.54) is 6.20 Å².